The first-order valence-corrected chi connectivity index (χ1v) is 8.11. The van der Waals surface area contributed by atoms with Crippen LogP contribution in [0.3, 0.4) is 0 Å². The number of rotatable bonds is 2. The fourth-order valence-electron chi connectivity index (χ4n) is 2.57. The predicted molar refractivity (Wildman–Crippen MR) is 85.1 cm³/mol. The van der Waals surface area contributed by atoms with Crippen LogP contribution in [-0.2, 0) is 10.0 Å². The van der Waals surface area contributed by atoms with Crippen LogP contribution in [0, 0.1) is 13.8 Å². The van der Waals surface area contributed by atoms with E-state index in [4.69, 9.17) is 0 Å². The van der Waals surface area contributed by atoms with Gasteiger partial charge in [0.2, 0.25) is 0 Å². The van der Waals surface area contributed by atoms with Gasteiger partial charge in [-0.25, -0.2) is 0 Å². The van der Waals surface area contributed by atoms with Crippen molar-refractivity contribution in [1.29, 1.82) is 0 Å². The summed E-state index contributed by atoms with van der Waals surface area (Å²) in [7, 11) is -3.57. The van der Waals surface area contributed by atoms with Gasteiger partial charge in [-0.1, -0.05) is 48.0 Å². The smallest absolute Gasteiger partial charge is 0.199 e. The first-order chi connectivity index (χ1) is 9.97. The fraction of sp³-hybridized carbons (Fsp3) is 0.118. The van der Waals surface area contributed by atoms with Crippen molar-refractivity contribution in [3.63, 3.8) is 0 Å². The highest BCUT2D eigenvalue weighted by Crippen LogP contribution is 2.31. The van der Waals surface area contributed by atoms with E-state index in [9.17, 15) is 8.42 Å². The summed E-state index contributed by atoms with van der Waals surface area (Å²) in [5, 5.41) is 0. The molecule has 21 heavy (non-hydrogen) atoms. The molecule has 1 heterocycles. The average molecular weight is 297 g/mol. The molecule has 0 aliphatic carbocycles. The molecule has 0 spiro atoms. The normalized spacial score (nSPS) is 16.0. The minimum Gasteiger partial charge on any atom is -0.199 e. The lowest BCUT2D eigenvalue weighted by Crippen LogP contribution is -1.99. The summed E-state index contributed by atoms with van der Waals surface area (Å²) < 4.78 is 28.3. The summed E-state index contributed by atoms with van der Waals surface area (Å²) in [4.78, 5) is 0.334. The second-order valence-corrected chi connectivity index (χ2v) is 6.70. The Balaban J connectivity index is 2.09. The van der Waals surface area contributed by atoms with Gasteiger partial charge < -0.3 is 0 Å². The summed E-state index contributed by atoms with van der Waals surface area (Å²) in [5.41, 5.74) is 3.98. The van der Waals surface area contributed by atoms with Crippen LogP contribution >= 0.6 is 0 Å². The van der Waals surface area contributed by atoms with Crippen molar-refractivity contribution in [3.8, 4) is 0 Å². The highest BCUT2D eigenvalue weighted by molar-refractivity contribution is 7.90. The number of nitrogens with zero attached hydrogens (tertiary/aromatic N) is 1. The number of hydrogen-bond donors (Lipinski definition) is 0. The van der Waals surface area contributed by atoms with Crippen LogP contribution in [0.2, 0.25) is 0 Å². The highest BCUT2D eigenvalue weighted by atomic mass is 32.2. The number of allylic oxidation sites excluding steroid dienone is 1. The Morgan fingerprint density at radius 1 is 1.00 bits per heavy atom. The second-order valence-electron chi connectivity index (χ2n) is 5.15. The van der Waals surface area contributed by atoms with Crippen molar-refractivity contribution in [1.82, 2.24) is 0 Å². The third kappa shape index (κ3) is 2.54. The van der Waals surface area contributed by atoms with Crippen LogP contribution in [0.4, 0.5) is 0 Å². The van der Waals surface area contributed by atoms with Crippen molar-refractivity contribution in [2.75, 3.05) is 0 Å². The maximum Gasteiger partial charge on any atom is 0.283 e. The maximum atomic E-state index is 12.2. The molecule has 0 amide bonds. The molecule has 2 aromatic rings. The monoisotopic (exact) mass is 297 g/mol. The van der Waals surface area contributed by atoms with Gasteiger partial charge in [-0.2, -0.15) is 12.8 Å². The lowest BCUT2D eigenvalue weighted by atomic mass is 10.0. The van der Waals surface area contributed by atoms with E-state index in [0.717, 1.165) is 16.7 Å². The van der Waals surface area contributed by atoms with Gasteiger partial charge in [0.15, 0.2) is 0 Å². The highest BCUT2D eigenvalue weighted by Gasteiger charge is 2.29. The Morgan fingerprint density at radius 2 is 1.71 bits per heavy atom. The third-order valence-corrected chi connectivity index (χ3v) is 4.90. The van der Waals surface area contributed by atoms with Gasteiger partial charge in [0, 0.05) is 5.56 Å². The zero-order valence-electron chi connectivity index (χ0n) is 11.9. The van der Waals surface area contributed by atoms with E-state index in [1.54, 1.807) is 6.08 Å². The van der Waals surface area contributed by atoms with Crippen LogP contribution in [-0.4, -0.2) is 14.1 Å². The molecule has 0 N–H and O–H groups in total. The van der Waals surface area contributed by atoms with Crippen LogP contribution in [0.15, 0.2) is 57.8 Å². The molecular weight excluding hydrogens is 282 g/mol. The minimum absolute atomic E-state index is 0.334. The number of benzene rings is 2. The molecule has 1 aliphatic heterocycles. The van der Waals surface area contributed by atoms with Crippen molar-refractivity contribution < 1.29 is 8.42 Å². The standard InChI is InChI=1S/C17H15NO2S/c1-12-10-13(2)17-15(11-12)16(18-21(17,19)20)9-8-14-6-4-3-5-7-14/h3-11H,1-2H3/b9-8+. The Labute approximate surface area is 124 Å². The van der Waals surface area contributed by atoms with Gasteiger partial charge in [-0.15, -0.1) is 0 Å². The van der Waals surface area contributed by atoms with Gasteiger partial charge in [0.25, 0.3) is 10.0 Å². The average Bonchev–Trinajstić information content (AvgIpc) is 2.68. The van der Waals surface area contributed by atoms with Crippen LogP contribution in [0.5, 0.6) is 0 Å². The van der Waals surface area contributed by atoms with Crippen molar-refractivity contribution in [2.24, 2.45) is 4.40 Å². The molecule has 0 unspecified atom stereocenters. The summed E-state index contributed by atoms with van der Waals surface area (Å²) in [6.07, 6.45) is 3.64. The maximum absolute atomic E-state index is 12.2. The zero-order valence-corrected chi connectivity index (χ0v) is 12.7. The summed E-state index contributed by atoms with van der Waals surface area (Å²) >= 11 is 0. The van der Waals surface area contributed by atoms with Gasteiger partial charge in [-0.05, 0) is 37.1 Å². The Kier molecular flexibility index (Phi) is 3.26. The lowest BCUT2D eigenvalue weighted by molar-refractivity contribution is 0.599. The summed E-state index contributed by atoms with van der Waals surface area (Å²) in [5.74, 6) is 0. The zero-order chi connectivity index (χ0) is 15.0. The molecule has 0 radical (unpaired) electrons. The quantitative estimate of drug-likeness (QED) is 0.851. The summed E-state index contributed by atoms with van der Waals surface area (Å²) in [6.45, 7) is 3.76. The number of hydrogen-bond acceptors (Lipinski definition) is 2. The minimum atomic E-state index is -3.57. The number of sulfonamides is 1. The molecule has 2 aromatic carbocycles. The van der Waals surface area contributed by atoms with Crippen molar-refractivity contribution >= 4 is 21.8 Å². The topological polar surface area (TPSA) is 46.5 Å². The Morgan fingerprint density at radius 3 is 2.43 bits per heavy atom. The molecule has 0 saturated carbocycles. The van der Waals surface area contributed by atoms with E-state index in [1.807, 2.05) is 62.4 Å². The van der Waals surface area contributed by atoms with E-state index >= 15 is 0 Å². The summed E-state index contributed by atoms with van der Waals surface area (Å²) in [6, 6.07) is 13.5. The van der Waals surface area contributed by atoms with Gasteiger partial charge >= 0.3 is 0 Å². The molecule has 4 heteroatoms. The van der Waals surface area contributed by atoms with Crippen molar-refractivity contribution in [3.05, 3.63) is 70.8 Å². The molecule has 0 bridgehead atoms. The molecule has 0 fully saturated rings. The lowest BCUT2D eigenvalue weighted by Gasteiger charge is -2.04. The van der Waals surface area contributed by atoms with E-state index < -0.39 is 10.0 Å². The fourth-order valence-corrected chi connectivity index (χ4v) is 3.99. The number of aryl methyl sites for hydroxylation is 2. The molecule has 0 aromatic heterocycles. The molecule has 0 saturated heterocycles. The largest absolute Gasteiger partial charge is 0.283 e. The predicted octanol–water partition coefficient (Wildman–Crippen LogP) is 3.51. The molecule has 106 valence electrons. The van der Waals surface area contributed by atoms with E-state index in [2.05, 4.69) is 4.40 Å². The van der Waals surface area contributed by atoms with Crippen LogP contribution in [0.25, 0.3) is 6.08 Å². The third-order valence-electron chi connectivity index (χ3n) is 3.40. The van der Waals surface area contributed by atoms with E-state index in [0.29, 0.717) is 16.2 Å². The number of fused-ring (bicyclic) bond motifs is 1. The van der Waals surface area contributed by atoms with Gasteiger partial charge in [0.05, 0.1) is 5.71 Å². The molecule has 3 rings (SSSR count). The van der Waals surface area contributed by atoms with Crippen molar-refractivity contribution in [2.45, 2.75) is 18.7 Å². The first kappa shape index (κ1) is 13.8. The van der Waals surface area contributed by atoms with Gasteiger partial charge in [0.1, 0.15) is 4.90 Å². The van der Waals surface area contributed by atoms with Crippen LogP contribution in [0.1, 0.15) is 22.3 Å². The second kappa shape index (κ2) is 4.97. The SMILES string of the molecule is Cc1cc(C)c2c(c1)C(/C=C/c1ccccc1)=NS2(=O)=O. The molecular formula is C17H15NO2S. The Hall–Kier alpha value is -2.20. The molecule has 3 nitrogen and oxygen atoms in total. The van der Waals surface area contributed by atoms with E-state index in [-0.39, 0.29) is 0 Å². The Bertz CT molecular complexity index is 863. The molecule has 0 atom stereocenters. The van der Waals surface area contributed by atoms with Crippen LogP contribution < -0.4 is 0 Å². The van der Waals surface area contributed by atoms with Gasteiger partial charge in [-0.3, -0.25) is 0 Å². The molecule has 1 aliphatic rings. The van der Waals surface area contributed by atoms with E-state index in [1.165, 1.54) is 0 Å². The first-order valence-electron chi connectivity index (χ1n) is 6.67.